The third-order valence-electron chi connectivity index (χ3n) is 12.0. The Morgan fingerprint density at radius 2 is 0.967 bits per heavy atom. The molecule has 2 aromatic heterocycles. The van der Waals surface area contributed by atoms with Gasteiger partial charge in [0.05, 0.1) is 50.1 Å². The number of anilines is 2. The Kier molecular flexibility index (Phi) is 13.0. The molecule has 4 N–H and O–H groups in total. The van der Waals surface area contributed by atoms with Crippen molar-refractivity contribution in [2.24, 2.45) is 11.8 Å². The Labute approximate surface area is 351 Å². The normalized spacial score (nSPS) is 19.1. The van der Waals surface area contributed by atoms with Gasteiger partial charge in [-0.25, -0.2) is 19.6 Å². The molecule has 16 nitrogen and oxygen atoms in total. The van der Waals surface area contributed by atoms with Crippen molar-refractivity contribution in [3.8, 4) is 22.5 Å². The predicted molar refractivity (Wildman–Crippen MR) is 228 cm³/mol. The molecule has 4 aromatic rings. The first kappa shape index (κ1) is 42.1. The van der Waals surface area contributed by atoms with Crippen LogP contribution in [-0.4, -0.2) is 119 Å². The number of aromatic nitrogens is 4. The summed E-state index contributed by atoms with van der Waals surface area (Å²) in [6.07, 6.45) is 5.74. The molecule has 3 fully saturated rings. The monoisotopic (exact) mass is 822 g/mol. The van der Waals surface area contributed by atoms with Gasteiger partial charge in [-0.05, 0) is 72.9 Å². The van der Waals surface area contributed by atoms with Crippen molar-refractivity contribution in [2.45, 2.75) is 77.5 Å². The van der Waals surface area contributed by atoms with Crippen LogP contribution in [0.4, 0.5) is 21.0 Å². The van der Waals surface area contributed by atoms with Gasteiger partial charge in [-0.3, -0.25) is 9.59 Å². The van der Waals surface area contributed by atoms with Gasteiger partial charge in [0, 0.05) is 50.6 Å². The third-order valence-corrected chi connectivity index (χ3v) is 12.0. The molecule has 0 bridgehead atoms. The first-order chi connectivity index (χ1) is 28.9. The second kappa shape index (κ2) is 18.5. The average molecular weight is 823 g/mol. The Bertz CT molecular complexity index is 1960. The van der Waals surface area contributed by atoms with Crippen molar-refractivity contribution in [1.29, 1.82) is 0 Å². The number of hydrogen-bond donors (Lipinski definition) is 4. The Hall–Kier alpha value is -6.06. The average Bonchev–Trinajstić information content (AvgIpc) is 4.11. The molecule has 2 aromatic carbocycles. The molecular weight excluding hydrogens is 765 g/mol. The van der Waals surface area contributed by atoms with Crippen LogP contribution >= 0.6 is 0 Å². The number of likely N-dealkylation sites (tertiary alicyclic amines) is 2. The summed E-state index contributed by atoms with van der Waals surface area (Å²) in [4.78, 5) is 75.8. The number of hydrogen-bond acceptors (Lipinski definition) is 10. The maximum atomic E-state index is 13.6. The van der Waals surface area contributed by atoms with Gasteiger partial charge in [0.2, 0.25) is 11.8 Å². The highest BCUT2D eigenvalue weighted by Crippen LogP contribution is 2.35. The molecule has 5 heterocycles. The second-order valence-corrected chi connectivity index (χ2v) is 16.5. The summed E-state index contributed by atoms with van der Waals surface area (Å²) >= 11 is 0. The SMILES string of the molecule is COC(=O)NC(C(=O)N1CCCC1c1ncc(-c2ccc(N3CCN(c4ccc(-c5cnc(C6CCCN6C(=O)C(NC(=O)OC)C(C)C)[nH]5)cc4)CC3)cc2)[nH]1)C(C)C. The molecule has 3 aliphatic rings. The second-order valence-electron chi connectivity index (χ2n) is 16.5. The quantitative estimate of drug-likeness (QED) is 0.135. The van der Waals surface area contributed by atoms with Gasteiger partial charge in [-0.1, -0.05) is 52.0 Å². The highest BCUT2D eigenvalue weighted by atomic mass is 16.5. The van der Waals surface area contributed by atoms with Crippen LogP contribution in [0.5, 0.6) is 0 Å². The van der Waals surface area contributed by atoms with Gasteiger partial charge >= 0.3 is 12.2 Å². The Morgan fingerprint density at radius 3 is 1.30 bits per heavy atom. The lowest BCUT2D eigenvalue weighted by Crippen LogP contribution is -2.51. The molecule has 60 heavy (non-hydrogen) atoms. The molecule has 7 rings (SSSR count). The van der Waals surface area contributed by atoms with E-state index in [2.05, 4.69) is 78.9 Å². The number of amides is 4. The number of carbonyl (C=O) groups excluding carboxylic acids is 4. The van der Waals surface area contributed by atoms with E-state index in [4.69, 9.17) is 19.4 Å². The zero-order chi connectivity index (χ0) is 42.5. The number of nitrogens with one attached hydrogen (secondary N) is 4. The van der Waals surface area contributed by atoms with Gasteiger partial charge in [-0.15, -0.1) is 0 Å². The van der Waals surface area contributed by atoms with Crippen molar-refractivity contribution in [1.82, 2.24) is 40.4 Å². The van der Waals surface area contributed by atoms with Gasteiger partial charge in [0.15, 0.2) is 0 Å². The van der Waals surface area contributed by atoms with E-state index in [1.165, 1.54) is 14.2 Å². The molecule has 0 radical (unpaired) electrons. The maximum absolute atomic E-state index is 13.6. The van der Waals surface area contributed by atoms with Crippen molar-refractivity contribution in [2.75, 3.05) is 63.3 Å². The van der Waals surface area contributed by atoms with E-state index in [1.54, 1.807) is 0 Å². The van der Waals surface area contributed by atoms with Gasteiger partial charge < -0.3 is 49.7 Å². The minimum atomic E-state index is -0.677. The summed E-state index contributed by atoms with van der Waals surface area (Å²) in [7, 11) is 2.59. The summed E-state index contributed by atoms with van der Waals surface area (Å²) < 4.78 is 9.53. The largest absolute Gasteiger partial charge is 0.453 e. The fraction of sp³-hybridized carbons (Fsp3) is 0.500. The number of H-pyrrole nitrogens is 2. The van der Waals surface area contributed by atoms with E-state index in [9.17, 15) is 19.2 Å². The number of piperazine rings is 1. The summed E-state index contributed by atoms with van der Waals surface area (Å²) in [5, 5.41) is 5.41. The molecule has 3 saturated heterocycles. The van der Waals surface area contributed by atoms with Crippen LogP contribution in [0.15, 0.2) is 60.9 Å². The topological polar surface area (TPSA) is 181 Å². The molecule has 0 spiro atoms. The molecule has 3 aliphatic heterocycles. The first-order valence-corrected chi connectivity index (χ1v) is 21.1. The first-order valence-electron chi connectivity index (χ1n) is 21.1. The lowest BCUT2D eigenvalue weighted by molar-refractivity contribution is -0.136. The Morgan fingerprint density at radius 1 is 0.600 bits per heavy atom. The highest BCUT2D eigenvalue weighted by molar-refractivity contribution is 5.87. The summed E-state index contributed by atoms with van der Waals surface area (Å²) in [6.45, 7) is 12.4. The number of nitrogens with zero attached hydrogens (tertiary/aromatic N) is 6. The summed E-state index contributed by atoms with van der Waals surface area (Å²) in [5.74, 6) is 1.05. The Balaban J connectivity index is 0.927. The standard InChI is InChI=1S/C44H58N10O6/c1-27(2)37(49-43(57)59-5)41(55)53-19-7-9-35(53)39-45-25-33(47-39)29-11-15-31(16-12-29)51-21-23-52(24-22-51)32-17-13-30(14-18-32)34-26-46-40(48-34)36-10-8-20-54(36)42(56)38(28(3)4)50-44(58)60-6/h11-18,25-28,35-38H,7-10,19-24H2,1-6H3,(H,45,47)(H,46,48)(H,49,57)(H,50,58). The fourth-order valence-electron chi connectivity index (χ4n) is 8.62. The molecule has 4 amide bonds. The number of ether oxygens (including phenoxy) is 2. The van der Waals surface area contributed by atoms with Crippen LogP contribution in [0.3, 0.4) is 0 Å². The molecule has 320 valence electrons. The van der Waals surface area contributed by atoms with Gasteiger partial charge in [0.1, 0.15) is 23.7 Å². The maximum Gasteiger partial charge on any atom is 0.407 e. The van der Waals surface area contributed by atoms with E-state index >= 15 is 0 Å². The lowest BCUT2D eigenvalue weighted by Gasteiger charge is -2.37. The molecule has 0 aliphatic carbocycles. The number of methoxy groups -OCH3 is 2. The van der Waals surface area contributed by atoms with Crippen molar-refractivity contribution in [3.63, 3.8) is 0 Å². The zero-order valence-electron chi connectivity index (χ0n) is 35.4. The molecule has 4 atom stereocenters. The summed E-state index contributed by atoms with van der Waals surface area (Å²) in [5.41, 5.74) is 6.15. The molecule has 16 heteroatoms. The number of imidazole rings is 2. The van der Waals surface area contributed by atoms with Crippen LogP contribution in [0.25, 0.3) is 22.5 Å². The van der Waals surface area contributed by atoms with Crippen LogP contribution < -0.4 is 20.4 Å². The van der Waals surface area contributed by atoms with E-state index in [0.717, 1.165) is 97.4 Å². The minimum Gasteiger partial charge on any atom is -0.453 e. The molecular formula is C44H58N10O6. The smallest absolute Gasteiger partial charge is 0.407 e. The van der Waals surface area contributed by atoms with Crippen LogP contribution in [0.1, 0.15) is 77.1 Å². The van der Waals surface area contributed by atoms with E-state index < -0.39 is 24.3 Å². The number of benzene rings is 2. The fourth-order valence-corrected chi connectivity index (χ4v) is 8.62. The van der Waals surface area contributed by atoms with Gasteiger partial charge in [-0.2, -0.15) is 0 Å². The van der Waals surface area contributed by atoms with Crippen LogP contribution in [0.2, 0.25) is 0 Å². The van der Waals surface area contributed by atoms with E-state index in [-0.39, 0.29) is 35.7 Å². The number of rotatable bonds is 12. The molecule has 0 saturated carbocycles. The predicted octanol–water partition coefficient (Wildman–Crippen LogP) is 5.88. The van der Waals surface area contributed by atoms with E-state index in [0.29, 0.717) is 13.1 Å². The lowest BCUT2D eigenvalue weighted by atomic mass is 10.0. The number of alkyl carbamates (subject to hydrolysis) is 2. The van der Waals surface area contributed by atoms with Crippen LogP contribution in [0, 0.1) is 11.8 Å². The highest BCUT2D eigenvalue weighted by Gasteiger charge is 2.39. The number of carbonyl (C=O) groups is 4. The van der Waals surface area contributed by atoms with Crippen molar-refractivity contribution >= 4 is 35.4 Å². The zero-order valence-corrected chi connectivity index (χ0v) is 35.4. The van der Waals surface area contributed by atoms with Crippen molar-refractivity contribution in [3.05, 3.63) is 72.6 Å². The van der Waals surface area contributed by atoms with Gasteiger partial charge in [0.25, 0.3) is 0 Å². The number of aromatic amines is 2. The van der Waals surface area contributed by atoms with Crippen molar-refractivity contribution < 1.29 is 28.7 Å². The third kappa shape index (κ3) is 9.06. The minimum absolute atomic E-state index is 0.0954. The molecule has 4 unspecified atom stereocenters. The van der Waals surface area contributed by atoms with Crippen LogP contribution in [-0.2, 0) is 19.1 Å². The van der Waals surface area contributed by atoms with E-state index in [1.807, 2.05) is 49.9 Å². The summed E-state index contributed by atoms with van der Waals surface area (Å²) in [6, 6.07) is 15.3.